The van der Waals surface area contributed by atoms with Crippen molar-refractivity contribution >= 4 is 32.4 Å². The summed E-state index contributed by atoms with van der Waals surface area (Å²) in [6.07, 6.45) is 1.70. The Hall–Kier alpha value is -2.95. The summed E-state index contributed by atoms with van der Waals surface area (Å²) < 4.78 is 37.3. The molecule has 10 heteroatoms. The fourth-order valence-electron chi connectivity index (χ4n) is 3.15. The minimum Gasteiger partial charge on any atom is -0.454 e. The van der Waals surface area contributed by atoms with Crippen molar-refractivity contribution in [2.45, 2.75) is 24.7 Å². The van der Waals surface area contributed by atoms with E-state index in [9.17, 15) is 13.2 Å². The molecular formula is C22H23N3O5S2. The summed E-state index contributed by atoms with van der Waals surface area (Å²) in [5.74, 6) is 0.996. The molecule has 0 saturated carbocycles. The van der Waals surface area contributed by atoms with Crippen LogP contribution in [0.3, 0.4) is 0 Å². The molecule has 4 rings (SSSR count). The van der Waals surface area contributed by atoms with Gasteiger partial charge in [-0.1, -0.05) is 13.3 Å². The quantitative estimate of drug-likeness (QED) is 0.526. The van der Waals surface area contributed by atoms with Crippen LogP contribution in [0.1, 0.15) is 30.1 Å². The van der Waals surface area contributed by atoms with E-state index in [4.69, 9.17) is 9.47 Å². The number of thiazole rings is 1. The molecule has 3 aromatic rings. The SMILES string of the molecule is CCCCN(C)S(=O)(=O)c1ccc(C(=O)Nc2nc(-c3ccc4c(c3)OCO4)cs2)cc1. The fourth-order valence-corrected chi connectivity index (χ4v) is 5.07. The van der Waals surface area contributed by atoms with Gasteiger partial charge in [-0.05, 0) is 48.9 Å². The molecule has 0 spiro atoms. The summed E-state index contributed by atoms with van der Waals surface area (Å²) in [6.45, 7) is 2.66. The number of nitrogens with one attached hydrogen (secondary N) is 1. The van der Waals surface area contributed by atoms with Crippen LogP contribution in [-0.2, 0) is 10.0 Å². The van der Waals surface area contributed by atoms with Crippen LogP contribution in [0.4, 0.5) is 5.13 Å². The third kappa shape index (κ3) is 4.62. The zero-order valence-electron chi connectivity index (χ0n) is 17.7. The summed E-state index contributed by atoms with van der Waals surface area (Å²) in [7, 11) is -2.01. The molecule has 8 nitrogen and oxygen atoms in total. The van der Waals surface area contributed by atoms with E-state index in [0.717, 1.165) is 18.4 Å². The van der Waals surface area contributed by atoms with Gasteiger partial charge in [-0.2, -0.15) is 0 Å². The van der Waals surface area contributed by atoms with E-state index in [-0.39, 0.29) is 17.6 Å². The number of fused-ring (bicyclic) bond motifs is 1. The number of nitrogens with zero attached hydrogens (tertiary/aromatic N) is 2. The molecule has 1 N–H and O–H groups in total. The van der Waals surface area contributed by atoms with Crippen molar-refractivity contribution < 1.29 is 22.7 Å². The Morgan fingerprint density at radius 3 is 2.66 bits per heavy atom. The van der Waals surface area contributed by atoms with Gasteiger partial charge in [0, 0.05) is 30.1 Å². The van der Waals surface area contributed by atoms with Gasteiger partial charge in [-0.25, -0.2) is 17.7 Å². The first kappa shape index (κ1) is 22.3. The normalized spacial score (nSPS) is 12.8. The second-order valence-electron chi connectivity index (χ2n) is 7.26. The Kier molecular flexibility index (Phi) is 6.45. The van der Waals surface area contributed by atoms with E-state index in [2.05, 4.69) is 10.3 Å². The molecule has 0 saturated heterocycles. The van der Waals surface area contributed by atoms with E-state index < -0.39 is 10.0 Å². The van der Waals surface area contributed by atoms with Gasteiger partial charge in [0.25, 0.3) is 5.91 Å². The number of sulfonamides is 1. The highest BCUT2D eigenvalue weighted by Crippen LogP contribution is 2.36. The van der Waals surface area contributed by atoms with Gasteiger partial charge in [0.05, 0.1) is 10.6 Å². The highest BCUT2D eigenvalue weighted by Gasteiger charge is 2.21. The molecule has 2 heterocycles. The molecule has 1 aliphatic rings. The van der Waals surface area contributed by atoms with Gasteiger partial charge in [0.15, 0.2) is 16.6 Å². The van der Waals surface area contributed by atoms with Crippen molar-refractivity contribution in [1.82, 2.24) is 9.29 Å². The third-order valence-corrected chi connectivity index (χ3v) is 7.67. The Morgan fingerprint density at radius 1 is 1.16 bits per heavy atom. The lowest BCUT2D eigenvalue weighted by atomic mass is 10.1. The molecule has 0 atom stereocenters. The van der Waals surface area contributed by atoms with Crippen LogP contribution in [0, 0.1) is 0 Å². The molecule has 2 aromatic carbocycles. The van der Waals surface area contributed by atoms with Gasteiger partial charge in [-0.3, -0.25) is 10.1 Å². The number of hydrogen-bond donors (Lipinski definition) is 1. The van der Waals surface area contributed by atoms with Crippen LogP contribution in [0.5, 0.6) is 11.5 Å². The molecule has 32 heavy (non-hydrogen) atoms. The van der Waals surface area contributed by atoms with Crippen molar-refractivity contribution in [2.24, 2.45) is 0 Å². The summed E-state index contributed by atoms with van der Waals surface area (Å²) in [6, 6.07) is 11.5. The second kappa shape index (κ2) is 9.27. The lowest BCUT2D eigenvalue weighted by molar-refractivity contribution is 0.102. The van der Waals surface area contributed by atoms with E-state index in [1.165, 1.54) is 39.9 Å². The first-order valence-corrected chi connectivity index (χ1v) is 12.4. The lowest BCUT2D eigenvalue weighted by Crippen LogP contribution is -2.28. The van der Waals surface area contributed by atoms with Crippen molar-refractivity contribution in [2.75, 3.05) is 25.7 Å². The predicted molar refractivity (Wildman–Crippen MR) is 123 cm³/mol. The van der Waals surface area contributed by atoms with Crippen LogP contribution < -0.4 is 14.8 Å². The smallest absolute Gasteiger partial charge is 0.257 e. The number of benzene rings is 2. The van der Waals surface area contributed by atoms with Crippen molar-refractivity contribution in [3.8, 4) is 22.8 Å². The Balaban J connectivity index is 1.43. The third-order valence-electron chi connectivity index (χ3n) is 5.04. The van der Waals surface area contributed by atoms with Crippen LogP contribution >= 0.6 is 11.3 Å². The van der Waals surface area contributed by atoms with Gasteiger partial charge in [0.2, 0.25) is 16.8 Å². The number of ether oxygens (including phenoxy) is 2. The molecule has 1 aromatic heterocycles. The zero-order valence-corrected chi connectivity index (χ0v) is 19.3. The second-order valence-corrected chi connectivity index (χ2v) is 10.2. The van der Waals surface area contributed by atoms with Crippen molar-refractivity contribution in [3.63, 3.8) is 0 Å². The molecule has 0 fully saturated rings. The Morgan fingerprint density at radius 2 is 1.91 bits per heavy atom. The first-order chi connectivity index (χ1) is 15.4. The zero-order chi connectivity index (χ0) is 22.7. The lowest BCUT2D eigenvalue weighted by Gasteiger charge is -2.16. The number of anilines is 1. The largest absolute Gasteiger partial charge is 0.454 e. The van der Waals surface area contributed by atoms with Gasteiger partial charge < -0.3 is 9.47 Å². The van der Waals surface area contributed by atoms with E-state index in [0.29, 0.717) is 34.4 Å². The minimum atomic E-state index is -3.57. The highest BCUT2D eigenvalue weighted by molar-refractivity contribution is 7.89. The van der Waals surface area contributed by atoms with Crippen molar-refractivity contribution in [3.05, 3.63) is 53.4 Å². The summed E-state index contributed by atoms with van der Waals surface area (Å²) in [5.41, 5.74) is 1.91. The molecule has 0 unspecified atom stereocenters. The summed E-state index contributed by atoms with van der Waals surface area (Å²) in [5, 5.41) is 5.05. The molecule has 1 amide bonds. The maximum atomic E-state index is 12.6. The molecule has 0 radical (unpaired) electrons. The van der Waals surface area contributed by atoms with Gasteiger partial charge in [0.1, 0.15) is 0 Å². The minimum absolute atomic E-state index is 0.159. The number of carbonyl (C=O) groups excluding carboxylic acids is 1. The monoisotopic (exact) mass is 473 g/mol. The predicted octanol–water partition coefficient (Wildman–Crippen LogP) is 4.21. The Labute approximate surface area is 190 Å². The maximum absolute atomic E-state index is 12.6. The highest BCUT2D eigenvalue weighted by atomic mass is 32.2. The molecule has 168 valence electrons. The number of unbranched alkanes of at least 4 members (excludes halogenated alkanes) is 1. The summed E-state index contributed by atoms with van der Waals surface area (Å²) in [4.78, 5) is 17.2. The number of rotatable bonds is 8. The van der Waals surface area contributed by atoms with Crippen molar-refractivity contribution in [1.29, 1.82) is 0 Å². The Bertz CT molecular complexity index is 1220. The maximum Gasteiger partial charge on any atom is 0.257 e. The molecule has 0 aliphatic carbocycles. The van der Waals surface area contributed by atoms with Crippen LogP contribution in [0.2, 0.25) is 0 Å². The van der Waals surface area contributed by atoms with E-state index >= 15 is 0 Å². The van der Waals surface area contributed by atoms with Crippen LogP contribution in [0.15, 0.2) is 52.7 Å². The molecular weight excluding hydrogens is 450 g/mol. The number of aromatic nitrogens is 1. The van der Waals surface area contributed by atoms with Gasteiger partial charge in [-0.15, -0.1) is 11.3 Å². The molecule has 1 aliphatic heterocycles. The topological polar surface area (TPSA) is 97.8 Å². The van der Waals surface area contributed by atoms with E-state index in [1.807, 2.05) is 30.5 Å². The number of hydrogen-bond acceptors (Lipinski definition) is 7. The average molecular weight is 474 g/mol. The van der Waals surface area contributed by atoms with Crippen LogP contribution in [-0.4, -0.2) is 44.0 Å². The molecule has 0 bridgehead atoms. The summed E-state index contributed by atoms with van der Waals surface area (Å²) >= 11 is 1.30. The first-order valence-electron chi connectivity index (χ1n) is 10.1. The number of amides is 1. The standard InChI is InChI=1S/C22H23N3O5S2/c1-3-4-11-25(2)32(27,28)17-8-5-15(6-9-17)21(26)24-22-23-18(13-31-22)16-7-10-19-20(12-16)30-14-29-19/h5-10,12-13H,3-4,11,14H2,1-2H3,(H,23,24,26). The average Bonchev–Trinajstić information content (AvgIpc) is 3.46. The van der Waals surface area contributed by atoms with Crippen LogP contribution in [0.25, 0.3) is 11.3 Å². The number of carbonyl (C=O) groups is 1. The van der Waals surface area contributed by atoms with E-state index in [1.54, 1.807) is 7.05 Å². The fraction of sp³-hybridized carbons (Fsp3) is 0.273. The van der Waals surface area contributed by atoms with Gasteiger partial charge >= 0.3 is 0 Å².